The van der Waals surface area contributed by atoms with Crippen LogP contribution in [0, 0.1) is 0 Å². The fraction of sp³-hybridized carbons (Fsp3) is 0.231. The second kappa shape index (κ2) is 12.3. The lowest BCUT2D eigenvalue weighted by Gasteiger charge is -2.31. The molecule has 32 heavy (non-hydrogen) atoms. The van der Waals surface area contributed by atoms with Crippen LogP contribution in [0.5, 0.6) is 0 Å². The number of hydrogen-bond donors (Lipinski definition) is 1. The fourth-order valence-corrected chi connectivity index (χ4v) is 4.30. The highest BCUT2D eigenvalue weighted by atomic mass is 35.5. The highest BCUT2D eigenvalue weighted by Gasteiger charge is 2.30. The largest absolute Gasteiger partial charge is 0.355 e. The molecule has 3 aromatic rings. The molecule has 0 aliphatic heterocycles. The van der Waals surface area contributed by atoms with Crippen LogP contribution in [0.1, 0.15) is 18.1 Å². The number of benzene rings is 3. The number of nitrogens with one attached hydrogen (secondary N) is 1. The lowest BCUT2D eigenvalue weighted by atomic mass is 10.0. The van der Waals surface area contributed by atoms with Crippen LogP contribution in [0.2, 0.25) is 5.02 Å². The first-order valence-electron chi connectivity index (χ1n) is 10.6. The van der Waals surface area contributed by atoms with E-state index in [9.17, 15) is 9.59 Å². The lowest BCUT2D eigenvalue weighted by molar-refractivity contribution is -0.139. The van der Waals surface area contributed by atoms with Crippen molar-refractivity contribution in [2.24, 2.45) is 0 Å². The minimum absolute atomic E-state index is 0.0824. The van der Waals surface area contributed by atoms with Crippen LogP contribution >= 0.6 is 23.4 Å². The van der Waals surface area contributed by atoms with Crippen LogP contribution in [0.3, 0.4) is 0 Å². The van der Waals surface area contributed by atoms with Crippen molar-refractivity contribution in [3.05, 3.63) is 101 Å². The molecule has 0 spiro atoms. The van der Waals surface area contributed by atoms with Crippen molar-refractivity contribution in [2.75, 3.05) is 12.3 Å². The molecule has 3 rings (SSSR count). The third-order valence-corrected chi connectivity index (χ3v) is 6.24. The summed E-state index contributed by atoms with van der Waals surface area (Å²) in [7, 11) is 0. The quantitative estimate of drug-likeness (QED) is 0.417. The van der Waals surface area contributed by atoms with Gasteiger partial charge < -0.3 is 10.2 Å². The zero-order valence-corrected chi connectivity index (χ0v) is 19.6. The van der Waals surface area contributed by atoms with Gasteiger partial charge in [-0.05, 0) is 42.3 Å². The van der Waals surface area contributed by atoms with E-state index in [1.165, 1.54) is 11.8 Å². The number of carbonyl (C=O) groups is 2. The van der Waals surface area contributed by atoms with Crippen molar-refractivity contribution in [2.45, 2.75) is 30.8 Å². The topological polar surface area (TPSA) is 49.4 Å². The van der Waals surface area contributed by atoms with E-state index < -0.39 is 6.04 Å². The number of carbonyl (C=O) groups excluding carboxylic acids is 2. The number of thioether (sulfide) groups is 1. The zero-order valence-electron chi connectivity index (χ0n) is 18.0. The van der Waals surface area contributed by atoms with Crippen LogP contribution in [0.4, 0.5) is 0 Å². The van der Waals surface area contributed by atoms with E-state index in [1.807, 2.05) is 91.9 Å². The molecule has 0 aromatic heterocycles. The van der Waals surface area contributed by atoms with Crippen LogP contribution in [-0.4, -0.2) is 35.1 Å². The Kier molecular flexibility index (Phi) is 9.20. The highest BCUT2D eigenvalue weighted by Crippen LogP contribution is 2.22. The zero-order chi connectivity index (χ0) is 22.8. The van der Waals surface area contributed by atoms with Gasteiger partial charge in [0.05, 0.1) is 5.75 Å². The van der Waals surface area contributed by atoms with Gasteiger partial charge in [0.1, 0.15) is 6.04 Å². The molecule has 0 aliphatic carbocycles. The summed E-state index contributed by atoms with van der Waals surface area (Å²) in [5, 5.41) is 3.57. The van der Waals surface area contributed by atoms with Gasteiger partial charge in [-0.1, -0.05) is 72.3 Å². The first-order valence-corrected chi connectivity index (χ1v) is 12.0. The van der Waals surface area contributed by atoms with Gasteiger partial charge in [-0.3, -0.25) is 9.59 Å². The summed E-state index contributed by atoms with van der Waals surface area (Å²) in [4.78, 5) is 29.2. The van der Waals surface area contributed by atoms with Crippen molar-refractivity contribution in [3.63, 3.8) is 0 Å². The van der Waals surface area contributed by atoms with Crippen molar-refractivity contribution in [1.29, 1.82) is 0 Å². The van der Waals surface area contributed by atoms with Gasteiger partial charge in [-0.15, -0.1) is 11.8 Å². The van der Waals surface area contributed by atoms with Crippen LogP contribution in [0.15, 0.2) is 89.8 Å². The molecule has 166 valence electrons. The first-order chi connectivity index (χ1) is 15.6. The molecule has 4 nitrogen and oxygen atoms in total. The number of likely N-dealkylation sites (N-methyl/N-ethyl adjacent to an activating group) is 1. The van der Waals surface area contributed by atoms with E-state index >= 15 is 0 Å². The van der Waals surface area contributed by atoms with Gasteiger partial charge in [-0.2, -0.15) is 0 Å². The molecule has 0 saturated carbocycles. The Hall–Kier alpha value is -2.76. The molecule has 1 unspecified atom stereocenters. The molecule has 0 heterocycles. The van der Waals surface area contributed by atoms with E-state index in [1.54, 1.807) is 4.90 Å². The Bertz CT molecular complexity index is 997. The Labute approximate surface area is 199 Å². The molecule has 3 aromatic carbocycles. The van der Waals surface area contributed by atoms with Gasteiger partial charge >= 0.3 is 0 Å². The van der Waals surface area contributed by atoms with E-state index in [0.29, 0.717) is 24.5 Å². The second-order valence-electron chi connectivity index (χ2n) is 7.35. The molecule has 0 aliphatic rings. The molecule has 2 amide bonds. The van der Waals surface area contributed by atoms with Crippen LogP contribution in [-0.2, 0) is 22.6 Å². The minimum Gasteiger partial charge on any atom is -0.355 e. The molecule has 1 N–H and O–H groups in total. The molecule has 1 atom stereocenters. The van der Waals surface area contributed by atoms with Crippen molar-refractivity contribution >= 4 is 35.2 Å². The molecule has 0 fully saturated rings. The van der Waals surface area contributed by atoms with E-state index in [0.717, 1.165) is 16.0 Å². The Balaban J connectivity index is 1.85. The lowest BCUT2D eigenvalue weighted by Crippen LogP contribution is -2.51. The molecule has 0 bridgehead atoms. The van der Waals surface area contributed by atoms with Gasteiger partial charge in [0, 0.05) is 29.4 Å². The number of amides is 2. The predicted octanol–water partition coefficient (Wildman–Crippen LogP) is 5.21. The van der Waals surface area contributed by atoms with Gasteiger partial charge in [0.25, 0.3) is 0 Å². The molecule has 6 heteroatoms. The summed E-state index contributed by atoms with van der Waals surface area (Å²) in [5.41, 5.74) is 2.00. The summed E-state index contributed by atoms with van der Waals surface area (Å²) in [6.07, 6.45) is 0.455. The van der Waals surface area contributed by atoms with E-state index in [2.05, 4.69) is 5.32 Å². The smallest absolute Gasteiger partial charge is 0.243 e. The molecular formula is C26H27ClN2O2S. The fourth-order valence-electron chi connectivity index (χ4n) is 3.38. The maximum atomic E-state index is 13.4. The summed E-state index contributed by atoms with van der Waals surface area (Å²) in [6, 6.07) is 26.4. The predicted molar refractivity (Wildman–Crippen MR) is 132 cm³/mol. The van der Waals surface area contributed by atoms with E-state index in [4.69, 9.17) is 11.6 Å². The van der Waals surface area contributed by atoms with Gasteiger partial charge in [-0.25, -0.2) is 0 Å². The van der Waals surface area contributed by atoms with Crippen LogP contribution in [0.25, 0.3) is 0 Å². The molecule has 0 radical (unpaired) electrons. The summed E-state index contributed by atoms with van der Waals surface area (Å²) in [5.74, 6) is 0.0113. The number of halogens is 1. The van der Waals surface area contributed by atoms with Crippen molar-refractivity contribution < 1.29 is 9.59 Å². The number of hydrogen-bond acceptors (Lipinski definition) is 3. The average molecular weight is 467 g/mol. The second-order valence-corrected chi connectivity index (χ2v) is 8.84. The molecule has 0 saturated heterocycles. The summed E-state index contributed by atoms with van der Waals surface area (Å²) < 4.78 is 0. The average Bonchev–Trinajstić information content (AvgIpc) is 2.82. The van der Waals surface area contributed by atoms with Crippen LogP contribution < -0.4 is 5.32 Å². The SMILES string of the molecule is CCNC(=O)C(Cc1ccccc1)N(Cc1ccccc1)C(=O)CSc1ccc(Cl)cc1. The monoisotopic (exact) mass is 466 g/mol. The third-order valence-electron chi connectivity index (χ3n) is 4.99. The third kappa shape index (κ3) is 7.14. The minimum atomic E-state index is -0.601. The number of nitrogens with zero attached hydrogens (tertiary/aromatic N) is 1. The Morgan fingerprint density at radius 1 is 0.906 bits per heavy atom. The highest BCUT2D eigenvalue weighted by molar-refractivity contribution is 8.00. The van der Waals surface area contributed by atoms with Crippen molar-refractivity contribution in [3.8, 4) is 0 Å². The summed E-state index contributed by atoms with van der Waals surface area (Å²) in [6.45, 7) is 2.77. The summed E-state index contributed by atoms with van der Waals surface area (Å²) >= 11 is 7.41. The first kappa shape index (κ1) is 23.9. The number of rotatable bonds is 10. The normalized spacial score (nSPS) is 11.6. The Morgan fingerprint density at radius 3 is 2.09 bits per heavy atom. The maximum absolute atomic E-state index is 13.4. The van der Waals surface area contributed by atoms with E-state index in [-0.39, 0.29) is 17.6 Å². The van der Waals surface area contributed by atoms with Gasteiger partial charge in [0.2, 0.25) is 11.8 Å². The maximum Gasteiger partial charge on any atom is 0.243 e. The van der Waals surface area contributed by atoms with Crippen molar-refractivity contribution in [1.82, 2.24) is 10.2 Å². The standard InChI is InChI=1S/C26H27ClN2O2S/c1-2-28-26(31)24(17-20-9-5-3-6-10-20)29(18-21-11-7-4-8-12-21)25(30)19-32-23-15-13-22(27)14-16-23/h3-16,24H,2,17-19H2,1H3,(H,28,31). The Morgan fingerprint density at radius 2 is 1.50 bits per heavy atom. The molecular weight excluding hydrogens is 440 g/mol. The van der Waals surface area contributed by atoms with Gasteiger partial charge in [0.15, 0.2) is 0 Å².